The third-order valence-corrected chi connectivity index (χ3v) is 22.5. The molecule has 0 aliphatic carbocycles. The molecule has 6 saturated heterocycles. The zero-order chi connectivity index (χ0) is 67.3. The van der Waals surface area contributed by atoms with Crippen molar-refractivity contribution in [2.45, 2.75) is 356 Å². The number of nitrogens with zero attached hydrogens (tertiary/aromatic N) is 14. The van der Waals surface area contributed by atoms with Crippen LogP contribution in [0.25, 0.3) is 0 Å². The van der Waals surface area contributed by atoms with Gasteiger partial charge in [-0.25, -0.2) is 0 Å². The zero-order valence-corrected chi connectivity index (χ0v) is 63.1. The Morgan fingerprint density at radius 3 is 0.644 bits per heavy atom. The standard InChI is InChI=1S/C66H122N16O6S2/c1-55(2)31-43(32-56(3,4)77(55)83-25)67-49-69-51(75(45-35-59(9,10)79(85-27)60(11,12)36-45)46-37-61(13,14)80(86-28)62(15,16)38-46)73-53(71-49)89-90-54-72-50(68-44-33-57(5,6)78(84-26)58(7,8)34-44)70-52(74-54)76(47-39-63(17,18)81(87-29)64(19,20)40-47)48-41-65(21,22)82(88-30)66(23,24)42-48/h43-48H,31-42H2,1-30H3,(H,67,69,71,73)(H,68,70,72,74). The number of nitrogens with one attached hydrogen (secondary N) is 2. The van der Waals surface area contributed by atoms with E-state index < -0.39 is 0 Å². The van der Waals surface area contributed by atoms with Gasteiger partial charge in [-0.05, 0) is 265 Å². The van der Waals surface area contributed by atoms with E-state index in [9.17, 15) is 0 Å². The molecule has 0 bridgehead atoms. The molecule has 90 heavy (non-hydrogen) atoms. The van der Waals surface area contributed by atoms with Crippen LogP contribution in [0.15, 0.2) is 10.3 Å². The molecule has 6 aliphatic rings. The van der Waals surface area contributed by atoms with Crippen molar-refractivity contribution in [2.75, 3.05) is 63.1 Å². The molecule has 8 heterocycles. The van der Waals surface area contributed by atoms with Gasteiger partial charge in [0.05, 0.1) is 42.7 Å². The Kier molecular flexibility index (Phi) is 20.7. The molecule has 8 rings (SSSR count). The molecule has 22 nitrogen and oxygen atoms in total. The number of rotatable bonds is 19. The van der Waals surface area contributed by atoms with Gasteiger partial charge in [0.1, 0.15) is 0 Å². The Morgan fingerprint density at radius 1 is 0.289 bits per heavy atom. The fourth-order valence-electron chi connectivity index (χ4n) is 20.1. The van der Waals surface area contributed by atoms with Gasteiger partial charge in [0, 0.05) is 103 Å². The Balaban J connectivity index is 1.31. The van der Waals surface area contributed by atoms with Crippen molar-refractivity contribution in [3.05, 3.63) is 0 Å². The van der Waals surface area contributed by atoms with Crippen LogP contribution in [-0.4, -0.2) is 206 Å². The highest BCUT2D eigenvalue weighted by molar-refractivity contribution is 8.76. The van der Waals surface area contributed by atoms with E-state index in [1.807, 2.05) is 0 Å². The van der Waals surface area contributed by atoms with Crippen LogP contribution in [0.4, 0.5) is 23.8 Å². The lowest BCUT2D eigenvalue weighted by molar-refractivity contribution is -0.271. The Hall–Kier alpha value is -2.56. The van der Waals surface area contributed by atoms with Gasteiger partial charge >= 0.3 is 0 Å². The molecule has 2 aromatic rings. The van der Waals surface area contributed by atoms with Crippen molar-refractivity contribution in [1.82, 2.24) is 60.3 Å². The summed E-state index contributed by atoms with van der Waals surface area (Å²) in [5, 5.41) is 22.1. The summed E-state index contributed by atoms with van der Waals surface area (Å²) in [6.07, 6.45) is 9.74. The third-order valence-electron chi connectivity index (χ3n) is 20.7. The SMILES string of the molecule is CON1C(C)(C)CC(Nc2nc(SSc3nc(NC4CC(C)(C)N(OC)C(C)(C)C4)nc(N(C4CC(C)(C)N(OC)C(C)(C)C4)C4CC(C)(C)N(OC)C(C)(C)C4)n3)nc(N(C3CC(C)(C)N(OC)C(C)(C)C3)C3CC(C)(C)N(OC)C(C)(C)C3)n2)CC1(C)C. The lowest BCUT2D eigenvalue weighted by atomic mass is 9.74. The van der Waals surface area contributed by atoms with Gasteiger partial charge in [-0.15, -0.1) is 0 Å². The van der Waals surface area contributed by atoms with Gasteiger partial charge < -0.3 is 49.5 Å². The summed E-state index contributed by atoms with van der Waals surface area (Å²) in [5.74, 6) is 2.36. The predicted molar refractivity (Wildman–Crippen MR) is 364 cm³/mol. The van der Waals surface area contributed by atoms with Gasteiger partial charge in [0.25, 0.3) is 0 Å². The molecule has 2 aromatic heterocycles. The number of hydroxylamine groups is 12. The molecule has 6 aliphatic heterocycles. The van der Waals surface area contributed by atoms with Gasteiger partial charge in [0.2, 0.25) is 34.1 Å². The molecule has 2 N–H and O–H groups in total. The number of piperidine rings is 6. The third kappa shape index (κ3) is 14.9. The summed E-state index contributed by atoms with van der Waals surface area (Å²) in [6.45, 7) is 54.8. The number of hydrogen-bond donors (Lipinski definition) is 2. The zero-order valence-electron chi connectivity index (χ0n) is 61.5. The quantitative estimate of drug-likeness (QED) is 0.127. The van der Waals surface area contributed by atoms with Gasteiger partial charge in [-0.1, -0.05) is 0 Å². The van der Waals surface area contributed by atoms with Crippen LogP contribution in [0, 0.1) is 0 Å². The lowest BCUT2D eigenvalue weighted by Gasteiger charge is -2.59. The summed E-state index contributed by atoms with van der Waals surface area (Å²) < 4.78 is 0. The van der Waals surface area contributed by atoms with Crippen molar-refractivity contribution in [1.29, 1.82) is 0 Å². The molecule has 0 radical (unpaired) electrons. The first-order chi connectivity index (χ1) is 41.1. The van der Waals surface area contributed by atoms with E-state index >= 15 is 0 Å². The molecule has 514 valence electrons. The van der Waals surface area contributed by atoms with Crippen LogP contribution >= 0.6 is 21.6 Å². The minimum absolute atomic E-state index is 0.0223. The Labute approximate surface area is 551 Å². The average Bonchev–Trinajstić information content (AvgIpc) is 1.03. The van der Waals surface area contributed by atoms with E-state index in [4.69, 9.17) is 58.9 Å². The van der Waals surface area contributed by atoms with E-state index in [0.717, 1.165) is 77.0 Å². The molecule has 24 heteroatoms. The maximum absolute atomic E-state index is 6.24. The minimum Gasteiger partial charge on any atom is -0.351 e. The fraction of sp³-hybridized carbons (Fsp3) is 0.909. The van der Waals surface area contributed by atoms with Crippen LogP contribution in [0.3, 0.4) is 0 Å². The monoisotopic (exact) mass is 1300 g/mol. The first-order valence-electron chi connectivity index (χ1n) is 33.2. The van der Waals surface area contributed by atoms with Gasteiger partial charge in [-0.2, -0.15) is 60.3 Å². The van der Waals surface area contributed by atoms with E-state index in [1.165, 1.54) is 21.6 Å². The molecule has 0 spiro atoms. The van der Waals surface area contributed by atoms with E-state index in [0.29, 0.717) is 34.1 Å². The molecule has 0 atom stereocenters. The van der Waals surface area contributed by atoms with Crippen LogP contribution in [0.5, 0.6) is 0 Å². The second kappa shape index (κ2) is 25.5. The lowest BCUT2D eigenvalue weighted by Crippen LogP contribution is -2.68. The minimum atomic E-state index is -0.327. The molecular weight excluding hydrogens is 1180 g/mol. The number of aromatic nitrogens is 6. The van der Waals surface area contributed by atoms with Crippen LogP contribution in [-0.2, 0) is 29.0 Å². The molecule has 6 fully saturated rings. The summed E-state index contributed by atoms with van der Waals surface area (Å²) in [7, 11) is 13.7. The Morgan fingerprint density at radius 2 is 0.467 bits per heavy atom. The van der Waals surface area contributed by atoms with Crippen molar-refractivity contribution in [2.24, 2.45) is 0 Å². The number of hydrogen-bond acceptors (Lipinski definition) is 24. The second-order valence-electron chi connectivity index (χ2n) is 34.8. The van der Waals surface area contributed by atoms with E-state index in [-0.39, 0.29) is 103 Å². The van der Waals surface area contributed by atoms with Crippen molar-refractivity contribution >= 4 is 45.4 Å². The van der Waals surface area contributed by atoms with Crippen molar-refractivity contribution in [3.8, 4) is 0 Å². The summed E-state index contributed by atoms with van der Waals surface area (Å²) in [4.78, 5) is 75.6. The highest BCUT2D eigenvalue weighted by Gasteiger charge is 2.57. The van der Waals surface area contributed by atoms with Gasteiger partial charge in [0.15, 0.2) is 0 Å². The summed E-state index contributed by atoms with van der Waals surface area (Å²) in [5.41, 5.74) is -3.77. The number of anilines is 4. The average molecular weight is 1300 g/mol. The molecule has 0 saturated carbocycles. The van der Waals surface area contributed by atoms with Crippen molar-refractivity contribution < 1.29 is 29.0 Å². The maximum Gasteiger partial charge on any atom is 0.231 e. The summed E-state index contributed by atoms with van der Waals surface area (Å²) in [6, 6.07) is 0.169. The van der Waals surface area contributed by atoms with Crippen molar-refractivity contribution in [3.63, 3.8) is 0 Å². The van der Waals surface area contributed by atoms with Crippen LogP contribution < -0.4 is 20.4 Å². The highest BCUT2D eigenvalue weighted by atomic mass is 33.1. The van der Waals surface area contributed by atoms with E-state index in [2.05, 4.69) is 217 Å². The first kappa shape index (κ1) is 73.3. The smallest absolute Gasteiger partial charge is 0.231 e. The fourth-order valence-corrected chi connectivity index (χ4v) is 21.7. The second-order valence-corrected chi connectivity index (χ2v) is 36.9. The normalized spacial score (nSPS) is 27.6. The molecule has 0 amide bonds. The first-order valence-corrected chi connectivity index (χ1v) is 35.3. The predicted octanol–water partition coefficient (Wildman–Crippen LogP) is 12.8. The maximum atomic E-state index is 6.24. The topological polar surface area (TPSA) is 183 Å². The molecule has 0 unspecified atom stereocenters. The van der Waals surface area contributed by atoms with E-state index in [1.54, 1.807) is 42.7 Å². The highest BCUT2D eigenvalue weighted by Crippen LogP contribution is 2.51. The van der Waals surface area contributed by atoms with Crippen LogP contribution in [0.1, 0.15) is 243 Å². The largest absolute Gasteiger partial charge is 0.351 e. The molecule has 0 aromatic carbocycles. The van der Waals surface area contributed by atoms with Gasteiger partial charge in [-0.3, -0.25) is 0 Å². The Bertz CT molecular complexity index is 2430. The molecular formula is C66H122N16O6S2. The summed E-state index contributed by atoms with van der Waals surface area (Å²) >= 11 is 0. The van der Waals surface area contributed by atoms with Crippen LogP contribution in [0.2, 0.25) is 0 Å².